The molecule has 3 aromatic rings. The summed E-state index contributed by atoms with van der Waals surface area (Å²) in [7, 11) is 0. The average molecular weight is 339 g/mol. The lowest BCUT2D eigenvalue weighted by molar-refractivity contribution is -0.118. The highest BCUT2D eigenvalue weighted by Crippen LogP contribution is 2.24. The van der Waals surface area contributed by atoms with Gasteiger partial charge in [0.05, 0.1) is 11.9 Å². The zero-order valence-corrected chi connectivity index (χ0v) is 13.7. The molecule has 0 radical (unpaired) electrons. The van der Waals surface area contributed by atoms with Gasteiger partial charge in [-0.05, 0) is 24.3 Å². The Balaban J connectivity index is 2.04. The van der Waals surface area contributed by atoms with E-state index in [-0.39, 0.29) is 5.91 Å². The van der Waals surface area contributed by atoms with Gasteiger partial charge in [-0.1, -0.05) is 41.9 Å². The topological polar surface area (TPSA) is 59.3 Å². The van der Waals surface area contributed by atoms with E-state index in [0.29, 0.717) is 5.02 Å². The number of para-hydroxylation sites is 1. The van der Waals surface area contributed by atoms with Gasteiger partial charge < -0.3 is 0 Å². The van der Waals surface area contributed by atoms with Crippen LogP contribution in [0.2, 0.25) is 5.02 Å². The van der Waals surface area contributed by atoms with Gasteiger partial charge in [0.1, 0.15) is 5.69 Å². The first-order valence-electron chi connectivity index (χ1n) is 7.34. The lowest BCUT2D eigenvalue weighted by Crippen LogP contribution is -2.12. The van der Waals surface area contributed by atoms with E-state index in [1.54, 1.807) is 10.9 Å². The third-order valence-corrected chi connectivity index (χ3v) is 3.56. The van der Waals surface area contributed by atoms with E-state index in [1.165, 1.54) is 6.92 Å². The van der Waals surface area contributed by atoms with Crippen LogP contribution in [0.1, 0.15) is 12.5 Å². The predicted molar refractivity (Wildman–Crippen MR) is 95.4 cm³/mol. The van der Waals surface area contributed by atoms with Gasteiger partial charge in [-0.25, -0.2) is 10.1 Å². The minimum atomic E-state index is -0.227. The third kappa shape index (κ3) is 3.70. The maximum Gasteiger partial charge on any atom is 0.236 e. The highest BCUT2D eigenvalue weighted by atomic mass is 35.5. The smallest absolute Gasteiger partial charge is 0.236 e. The summed E-state index contributed by atoms with van der Waals surface area (Å²) in [6.07, 6.45) is 3.45. The van der Waals surface area contributed by atoms with Crippen molar-refractivity contribution < 1.29 is 4.79 Å². The zero-order chi connectivity index (χ0) is 16.9. The maximum absolute atomic E-state index is 11.0. The van der Waals surface area contributed by atoms with Crippen molar-refractivity contribution in [2.24, 2.45) is 5.10 Å². The molecule has 1 heterocycles. The van der Waals surface area contributed by atoms with Crippen LogP contribution in [0.5, 0.6) is 0 Å². The summed E-state index contributed by atoms with van der Waals surface area (Å²) >= 11 is 5.96. The molecule has 1 aromatic heterocycles. The zero-order valence-electron chi connectivity index (χ0n) is 13.0. The number of carbonyl (C=O) groups excluding carboxylic acids is 1. The van der Waals surface area contributed by atoms with E-state index in [4.69, 9.17) is 11.6 Å². The van der Waals surface area contributed by atoms with Crippen LogP contribution in [0.25, 0.3) is 16.9 Å². The maximum atomic E-state index is 11.0. The van der Waals surface area contributed by atoms with E-state index in [0.717, 1.165) is 22.5 Å². The summed E-state index contributed by atoms with van der Waals surface area (Å²) in [6, 6.07) is 17.2. The first-order chi connectivity index (χ1) is 11.6. The highest BCUT2D eigenvalue weighted by molar-refractivity contribution is 6.30. The molecule has 0 aliphatic rings. The summed E-state index contributed by atoms with van der Waals surface area (Å²) in [5, 5.41) is 9.26. The summed E-state index contributed by atoms with van der Waals surface area (Å²) in [5.74, 6) is -0.227. The Morgan fingerprint density at radius 3 is 2.54 bits per heavy atom. The molecule has 5 nitrogen and oxygen atoms in total. The van der Waals surface area contributed by atoms with E-state index >= 15 is 0 Å². The van der Waals surface area contributed by atoms with Gasteiger partial charge in [0.15, 0.2) is 0 Å². The quantitative estimate of drug-likeness (QED) is 0.583. The van der Waals surface area contributed by atoms with Gasteiger partial charge in [-0.15, -0.1) is 0 Å². The Bertz CT molecular complexity index is 870. The molecule has 0 atom stereocenters. The molecule has 2 aromatic carbocycles. The largest absolute Gasteiger partial charge is 0.274 e. The number of rotatable bonds is 4. The summed E-state index contributed by atoms with van der Waals surface area (Å²) in [4.78, 5) is 11.0. The number of aromatic nitrogens is 2. The van der Waals surface area contributed by atoms with E-state index in [9.17, 15) is 4.79 Å². The number of benzene rings is 2. The molecule has 0 unspecified atom stereocenters. The molecule has 1 amide bonds. The van der Waals surface area contributed by atoms with Crippen molar-refractivity contribution in [3.8, 4) is 16.9 Å². The molecule has 3 rings (SSSR count). The highest BCUT2D eigenvalue weighted by Gasteiger charge is 2.11. The molecular weight excluding hydrogens is 324 g/mol. The van der Waals surface area contributed by atoms with Gasteiger partial charge in [-0.2, -0.15) is 10.2 Å². The summed E-state index contributed by atoms with van der Waals surface area (Å²) < 4.78 is 1.78. The number of hydrazone groups is 1. The second kappa shape index (κ2) is 7.10. The van der Waals surface area contributed by atoms with Crippen LogP contribution < -0.4 is 5.43 Å². The van der Waals surface area contributed by atoms with Crippen molar-refractivity contribution in [3.05, 3.63) is 71.4 Å². The molecule has 24 heavy (non-hydrogen) atoms. The molecule has 0 aliphatic heterocycles. The lowest BCUT2D eigenvalue weighted by atomic mass is 10.1. The average Bonchev–Trinajstić information content (AvgIpc) is 3.00. The summed E-state index contributed by atoms with van der Waals surface area (Å²) in [5.41, 5.74) is 5.80. The standard InChI is InChI=1S/C18H15ClN4O/c1-13(24)21-20-11-15-12-23(17-5-3-2-4-6-17)22-18(15)14-7-9-16(19)10-8-14/h2-12H,1H3,(H,21,24)/b20-11-. The van der Waals surface area contributed by atoms with Gasteiger partial charge in [0, 0.05) is 29.3 Å². The van der Waals surface area contributed by atoms with E-state index < -0.39 is 0 Å². The second-order valence-electron chi connectivity index (χ2n) is 5.15. The first kappa shape index (κ1) is 16.0. The van der Waals surface area contributed by atoms with Crippen molar-refractivity contribution >= 4 is 23.7 Å². The fraction of sp³-hybridized carbons (Fsp3) is 0.0556. The van der Waals surface area contributed by atoms with Crippen molar-refractivity contribution in [2.75, 3.05) is 0 Å². The fourth-order valence-corrected chi connectivity index (χ4v) is 2.35. The van der Waals surface area contributed by atoms with Crippen molar-refractivity contribution in [1.29, 1.82) is 0 Å². The van der Waals surface area contributed by atoms with Crippen LogP contribution in [0, 0.1) is 0 Å². The number of hydrogen-bond donors (Lipinski definition) is 1. The van der Waals surface area contributed by atoms with Crippen LogP contribution >= 0.6 is 11.6 Å². The molecule has 0 bridgehead atoms. The van der Waals surface area contributed by atoms with E-state index in [1.807, 2.05) is 60.8 Å². The Morgan fingerprint density at radius 1 is 1.17 bits per heavy atom. The Morgan fingerprint density at radius 2 is 1.88 bits per heavy atom. The van der Waals surface area contributed by atoms with Crippen LogP contribution in [0.15, 0.2) is 65.9 Å². The molecular formula is C18H15ClN4O. The van der Waals surface area contributed by atoms with Crippen LogP contribution in [0.4, 0.5) is 0 Å². The van der Waals surface area contributed by atoms with Crippen LogP contribution in [-0.4, -0.2) is 21.9 Å². The minimum absolute atomic E-state index is 0.227. The molecule has 120 valence electrons. The Hall–Kier alpha value is -2.92. The molecule has 0 aliphatic carbocycles. The van der Waals surface area contributed by atoms with Crippen LogP contribution in [-0.2, 0) is 4.79 Å². The minimum Gasteiger partial charge on any atom is -0.274 e. The van der Waals surface area contributed by atoms with Gasteiger partial charge in [0.25, 0.3) is 0 Å². The van der Waals surface area contributed by atoms with Crippen molar-refractivity contribution in [1.82, 2.24) is 15.2 Å². The Labute approximate surface area is 144 Å². The number of hydrogen-bond acceptors (Lipinski definition) is 3. The first-order valence-corrected chi connectivity index (χ1v) is 7.72. The number of nitrogens with one attached hydrogen (secondary N) is 1. The van der Waals surface area contributed by atoms with Crippen molar-refractivity contribution in [2.45, 2.75) is 6.92 Å². The normalized spacial score (nSPS) is 10.9. The monoisotopic (exact) mass is 338 g/mol. The number of amides is 1. The second-order valence-corrected chi connectivity index (χ2v) is 5.58. The third-order valence-electron chi connectivity index (χ3n) is 3.31. The van der Waals surface area contributed by atoms with Crippen molar-refractivity contribution in [3.63, 3.8) is 0 Å². The Kier molecular flexibility index (Phi) is 4.72. The summed E-state index contributed by atoms with van der Waals surface area (Å²) in [6.45, 7) is 1.41. The predicted octanol–water partition coefficient (Wildman–Crippen LogP) is 3.66. The molecule has 1 N–H and O–H groups in total. The number of halogens is 1. The van der Waals surface area contributed by atoms with Gasteiger partial charge in [-0.3, -0.25) is 4.79 Å². The molecule has 6 heteroatoms. The molecule has 0 saturated carbocycles. The molecule has 0 saturated heterocycles. The molecule has 0 spiro atoms. The SMILES string of the molecule is CC(=O)N/N=C\c1cn(-c2ccccc2)nc1-c1ccc(Cl)cc1. The van der Waals surface area contributed by atoms with Gasteiger partial charge in [0.2, 0.25) is 5.91 Å². The number of nitrogens with zero attached hydrogens (tertiary/aromatic N) is 3. The molecule has 0 fully saturated rings. The fourth-order valence-electron chi connectivity index (χ4n) is 2.22. The lowest BCUT2D eigenvalue weighted by Gasteiger charge is -2.00. The number of carbonyl (C=O) groups is 1. The van der Waals surface area contributed by atoms with Crippen LogP contribution in [0.3, 0.4) is 0 Å². The van der Waals surface area contributed by atoms with Gasteiger partial charge >= 0.3 is 0 Å². The van der Waals surface area contributed by atoms with E-state index in [2.05, 4.69) is 15.6 Å².